The molecule has 0 amide bonds. The molecule has 1 N–H and O–H groups in total. The van der Waals surface area contributed by atoms with Gasteiger partial charge in [-0.15, -0.1) is 0 Å². The Morgan fingerprint density at radius 1 is 1.33 bits per heavy atom. The smallest absolute Gasteiger partial charge is 0.177 e. The second-order valence-electron chi connectivity index (χ2n) is 6.07. The number of nitrogens with zero attached hydrogens (tertiary/aromatic N) is 3. The first-order chi connectivity index (χ1) is 9.70. The van der Waals surface area contributed by atoms with Crippen molar-refractivity contribution in [3.8, 4) is 0 Å². The summed E-state index contributed by atoms with van der Waals surface area (Å²) in [6, 6.07) is 3.31. The molecule has 0 spiro atoms. The number of sulfone groups is 1. The van der Waals surface area contributed by atoms with Crippen LogP contribution in [0.3, 0.4) is 0 Å². The number of aromatic nitrogens is 1. The Kier molecular flexibility index (Phi) is 4.55. The van der Waals surface area contributed by atoms with Gasteiger partial charge >= 0.3 is 0 Å². The molecule has 21 heavy (non-hydrogen) atoms. The van der Waals surface area contributed by atoms with Gasteiger partial charge in [-0.25, -0.2) is 13.4 Å². The quantitative estimate of drug-likeness (QED) is 0.866. The van der Waals surface area contributed by atoms with Crippen molar-refractivity contribution in [3.63, 3.8) is 0 Å². The summed E-state index contributed by atoms with van der Waals surface area (Å²) in [5, 5.41) is 10.5. The number of hydrogen-bond acceptors (Lipinski definition) is 6. The van der Waals surface area contributed by atoms with E-state index in [4.69, 9.17) is 0 Å². The van der Waals surface area contributed by atoms with E-state index in [-0.39, 0.29) is 4.90 Å². The van der Waals surface area contributed by atoms with E-state index < -0.39 is 15.4 Å². The molecule has 2 rings (SSSR count). The van der Waals surface area contributed by atoms with Gasteiger partial charge < -0.3 is 14.9 Å². The fourth-order valence-electron chi connectivity index (χ4n) is 2.68. The number of likely N-dealkylation sites (N-methyl/N-ethyl adjacent to an activating group) is 1. The fourth-order valence-corrected chi connectivity index (χ4v) is 3.24. The fraction of sp³-hybridized carbons (Fsp3) is 0.643. The van der Waals surface area contributed by atoms with E-state index in [0.717, 1.165) is 18.9 Å². The van der Waals surface area contributed by atoms with Gasteiger partial charge in [0, 0.05) is 32.1 Å². The monoisotopic (exact) mass is 313 g/mol. The van der Waals surface area contributed by atoms with Crippen LogP contribution in [0.2, 0.25) is 0 Å². The molecule has 0 aromatic carbocycles. The maximum absolute atomic E-state index is 11.4. The van der Waals surface area contributed by atoms with Crippen LogP contribution >= 0.6 is 0 Å². The zero-order chi connectivity index (χ0) is 15.7. The lowest BCUT2D eigenvalue weighted by Crippen LogP contribution is -2.49. The molecule has 1 aromatic rings. The topological polar surface area (TPSA) is 73.7 Å². The lowest BCUT2D eigenvalue weighted by atomic mass is 9.91. The van der Waals surface area contributed by atoms with Gasteiger partial charge in [0.25, 0.3) is 0 Å². The Labute approximate surface area is 126 Å². The van der Waals surface area contributed by atoms with Crippen molar-refractivity contribution in [3.05, 3.63) is 18.3 Å². The second-order valence-corrected chi connectivity index (χ2v) is 8.09. The van der Waals surface area contributed by atoms with Crippen molar-refractivity contribution >= 4 is 15.7 Å². The van der Waals surface area contributed by atoms with Crippen LogP contribution in [-0.2, 0) is 9.84 Å². The molecule has 0 bridgehead atoms. The summed E-state index contributed by atoms with van der Waals surface area (Å²) in [6.45, 7) is 2.09. The van der Waals surface area contributed by atoms with Crippen LogP contribution in [0.15, 0.2) is 23.2 Å². The Balaban J connectivity index is 2.02. The number of piperidine rings is 1. The lowest BCUT2D eigenvalue weighted by molar-refractivity contribution is -0.00547. The number of rotatable bonds is 4. The molecule has 1 saturated heterocycles. The molecular formula is C14H23N3O3S. The van der Waals surface area contributed by atoms with E-state index in [1.54, 1.807) is 12.1 Å². The van der Waals surface area contributed by atoms with Crippen LogP contribution in [0.25, 0.3) is 0 Å². The highest BCUT2D eigenvalue weighted by molar-refractivity contribution is 7.90. The molecule has 118 valence electrons. The average molecular weight is 313 g/mol. The van der Waals surface area contributed by atoms with Crippen molar-refractivity contribution < 1.29 is 13.5 Å². The van der Waals surface area contributed by atoms with Crippen LogP contribution in [0.1, 0.15) is 12.8 Å². The minimum absolute atomic E-state index is 0.229. The molecule has 1 aliphatic heterocycles. The maximum atomic E-state index is 11.4. The van der Waals surface area contributed by atoms with Gasteiger partial charge in [-0.1, -0.05) is 0 Å². The van der Waals surface area contributed by atoms with E-state index in [2.05, 4.69) is 9.88 Å². The summed E-state index contributed by atoms with van der Waals surface area (Å²) >= 11 is 0. The minimum atomic E-state index is -3.21. The van der Waals surface area contributed by atoms with Gasteiger partial charge in [0.2, 0.25) is 0 Å². The van der Waals surface area contributed by atoms with Crippen molar-refractivity contribution in [1.29, 1.82) is 0 Å². The molecule has 0 saturated carbocycles. The Morgan fingerprint density at radius 3 is 2.38 bits per heavy atom. The van der Waals surface area contributed by atoms with E-state index >= 15 is 0 Å². The lowest BCUT2D eigenvalue weighted by Gasteiger charge is -2.40. The molecule has 0 unspecified atom stereocenters. The van der Waals surface area contributed by atoms with Crippen LogP contribution in [0.4, 0.5) is 5.82 Å². The zero-order valence-electron chi connectivity index (χ0n) is 12.8. The van der Waals surface area contributed by atoms with Crippen LogP contribution < -0.4 is 4.90 Å². The summed E-state index contributed by atoms with van der Waals surface area (Å²) in [5.41, 5.74) is -0.646. The first-order valence-electron chi connectivity index (χ1n) is 6.98. The van der Waals surface area contributed by atoms with E-state index in [1.807, 2.05) is 19.0 Å². The van der Waals surface area contributed by atoms with Gasteiger partial charge in [0.1, 0.15) is 5.82 Å². The van der Waals surface area contributed by atoms with Crippen molar-refractivity contribution in [2.45, 2.75) is 23.3 Å². The third-order valence-electron chi connectivity index (χ3n) is 3.78. The zero-order valence-corrected chi connectivity index (χ0v) is 13.6. The molecule has 1 aromatic heterocycles. The number of anilines is 1. The van der Waals surface area contributed by atoms with Crippen molar-refractivity contribution in [2.75, 3.05) is 44.9 Å². The highest BCUT2D eigenvalue weighted by Gasteiger charge is 2.33. The first-order valence-corrected chi connectivity index (χ1v) is 8.87. The summed E-state index contributed by atoms with van der Waals surface area (Å²) in [7, 11) is 0.699. The van der Waals surface area contributed by atoms with Gasteiger partial charge in [-0.05, 0) is 39.1 Å². The first kappa shape index (κ1) is 16.2. The normalized spacial score (nSPS) is 19.0. The van der Waals surface area contributed by atoms with Crippen molar-refractivity contribution in [2.24, 2.45) is 0 Å². The molecule has 1 aliphatic rings. The second kappa shape index (κ2) is 5.90. The van der Waals surface area contributed by atoms with Gasteiger partial charge in [0.15, 0.2) is 9.84 Å². The van der Waals surface area contributed by atoms with E-state index in [1.165, 1.54) is 12.5 Å². The minimum Gasteiger partial charge on any atom is -0.388 e. The average Bonchev–Trinajstić information content (AvgIpc) is 2.37. The van der Waals surface area contributed by atoms with Gasteiger partial charge in [-0.3, -0.25) is 0 Å². The predicted molar refractivity (Wildman–Crippen MR) is 82.3 cm³/mol. The Bertz CT molecular complexity index is 576. The third kappa shape index (κ3) is 4.15. The molecule has 7 heteroatoms. The van der Waals surface area contributed by atoms with Crippen LogP contribution in [0.5, 0.6) is 0 Å². The summed E-state index contributed by atoms with van der Waals surface area (Å²) in [6.07, 6.45) is 3.93. The van der Waals surface area contributed by atoms with Crippen molar-refractivity contribution in [1.82, 2.24) is 9.88 Å². The Hall–Kier alpha value is -1.18. The molecular weight excluding hydrogens is 290 g/mol. The van der Waals surface area contributed by atoms with Crippen LogP contribution in [0, 0.1) is 0 Å². The SMILES string of the molecule is CN(C)CC1(O)CCN(c2ccc(S(C)(=O)=O)cn2)CC1. The molecule has 0 radical (unpaired) electrons. The largest absolute Gasteiger partial charge is 0.388 e. The molecule has 2 heterocycles. The predicted octanol–water partition coefficient (Wildman–Crippen LogP) is 0.378. The molecule has 0 aliphatic carbocycles. The summed E-state index contributed by atoms with van der Waals surface area (Å²) in [4.78, 5) is 8.54. The number of hydrogen-bond donors (Lipinski definition) is 1. The summed E-state index contributed by atoms with van der Waals surface area (Å²) < 4.78 is 22.8. The number of pyridine rings is 1. The highest BCUT2D eigenvalue weighted by Crippen LogP contribution is 2.26. The standard InChI is InChI=1S/C14H23N3O3S/c1-16(2)11-14(18)6-8-17(9-7-14)13-5-4-12(10-15-13)21(3,19)20/h4-5,10,18H,6-9,11H2,1-3H3. The molecule has 6 nitrogen and oxygen atoms in total. The molecule has 1 fully saturated rings. The highest BCUT2D eigenvalue weighted by atomic mass is 32.2. The van der Waals surface area contributed by atoms with Gasteiger partial charge in [0.05, 0.1) is 10.5 Å². The maximum Gasteiger partial charge on any atom is 0.177 e. The van der Waals surface area contributed by atoms with E-state index in [0.29, 0.717) is 19.4 Å². The third-order valence-corrected chi connectivity index (χ3v) is 4.88. The number of aliphatic hydroxyl groups is 1. The van der Waals surface area contributed by atoms with Crippen LogP contribution in [-0.4, -0.2) is 69.0 Å². The van der Waals surface area contributed by atoms with E-state index in [9.17, 15) is 13.5 Å². The van der Waals surface area contributed by atoms with Gasteiger partial charge in [-0.2, -0.15) is 0 Å². The molecule has 0 atom stereocenters. The Morgan fingerprint density at radius 2 is 1.95 bits per heavy atom. The summed E-state index contributed by atoms with van der Waals surface area (Å²) in [5.74, 6) is 0.759.